The van der Waals surface area contributed by atoms with E-state index >= 15 is 0 Å². The molecule has 3 aliphatic heterocycles. The molecule has 0 aromatic carbocycles. The van der Waals surface area contributed by atoms with Gasteiger partial charge in [0.1, 0.15) is 12.2 Å². The molecule has 68 valence electrons. The Kier molecular flexibility index (Phi) is 1.35. The number of hydrogen-bond donors (Lipinski definition) is 0. The van der Waals surface area contributed by atoms with Gasteiger partial charge in [-0.15, -0.1) is 0 Å². The van der Waals surface area contributed by atoms with Crippen LogP contribution in [0.25, 0.3) is 0 Å². The molecule has 0 spiro atoms. The number of epoxide rings is 1. The van der Waals surface area contributed by atoms with Crippen molar-refractivity contribution in [2.75, 3.05) is 14.2 Å². The van der Waals surface area contributed by atoms with Gasteiger partial charge in [0.15, 0.2) is 0 Å². The number of morpholine rings is 1. The van der Waals surface area contributed by atoms with Crippen LogP contribution in [0.3, 0.4) is 0 Å². The summed E-state index contributed by atoms with van der Waals surface area (Å²) < 4.78 is 11.0. The predicted octanol–water partition coefficient (Wildman–Crippen LogP) is 0.245. The van der Waals surface area contributed by atoms with E-state index in [-0.39, 0.29) is 0 Å². The molecule has 3 fully saturated rings. The molecule has 0 radical (unpaired) electrons. The molecule has 5 atom stereocenters. The largest absolute Gasteiger partial charge is 0.381 e. The molecule has 2 bridgehead atoms. The van der Waals surface area contributed by atoms with E-state index in [0.717, 1.165) is 12.8 Å². The zero-order valence-electron chi connectivity index (χ0n) is 7.56. The highest BCUT2D eigenvalue weighted by Gasteiger charge is 2.62. The summed E-state index contributed by atoms with van der Waals surface area (Å²) in [5.74, 6) is 0. The molecule has 3 rings (SSSR count). The highest BCUT2D eigenvalue weighted by atomic mass is 16.6. The molecule has 0 aromatic heterocycles. The minimum absolute atomic E-state index is 0.479. The average Bonchev–Trinajstić information content (AvgIpc) is 2.79. The number of piperidine rings is 1. The summed E-state index contributed by atoms with van der Waals surface area (Å²) in [5, 5.41) is 0. The number of ether oxygens (including phenoxy) is 2. The Labute approximate surface area is 72.6 Å². The molecular formula is C9H15NO2. The molecule has 12 heavy (non-hydrogen) atoms. The molecule has 3 unspecified atom stereocenters. The second-order valence-electron chi connectivity index (χ2n) is 4.19. The van der Waals surface area contributed by atoms with Gasteiger partial charge in [0.05, 0.1) is 6.10 Å². The van der Waals surface area contributed by atoms with E-state index in [1.165, 1.54) is 0 Å². The highest BCUT2D eigenvalue weighted by molar-refractivity contribution is 5.13. The third-order valence-electron chi connectivity index (χ3n) is 3.71. The van der Waals surface area contributed by atoms with Crippen molar-refractivity contribution in [1.82, 2.24) is 4.90 Å². The van der Waals surface area contributed by atoms with Crippen LogP contribution >= 0.6 is 0 Å². The zero-order valence-corrected chi connectivity index (χ0v) is 7.56. The maximum atomic E-state index is 5.59. The lowest BCUT2D eigenvalue weighted by atomic mass is 9.99. The van der Waals surface area contributed by atoms with Crippen LogP contribution in [0.1, 0.15) is 12.8 Å². The molecule has 3 aliphatic rings. The first-order valence-electron chi connectivity index (χ1n) is 4.71. The van der Waals surface area contributed by atoms with Crippen molar-refractivity contribution in [3.05, 3.63) is 0 Å². The summed E-state index contributed by atoms with van der Waals surface area (Å²) in [6.45, 7) is 0. The van der Waals surface area contributed by atoms with Crippen LogP contribution in [0, 0.1) is 0 Å². The van der Waals surface area contributed by atoms with Crippen LogP contribution in [-0.4, -0.2) is 49.5 Å². The van der Waals surface area contributed by atoms with E-state index in [4.69, 9.17) is 9.47 Å². The lowest BCUT2D eigenvalue weighted by molar-refractivity contribution is -0.0199. The fourth-order valence-electron chi connectivity index (χ4n) is 2.89. The van der Waals surface area contributed by atoms with E-state index in [9.17, 15) is 0 Å². The summed E-state index contributed by atoms with van der Waals surface area (Å²) in [5.41, 5.74) is 0. The monoisotopic (exact) mass is 169 g/mol. The summed E-state index contributed by atoms with van der Waals surface area (Å²) in [7, 11) is 4.04. The zero-order chi connectivity index (χ0) is 8.29. The number of fused-ring (bicyclic) bond motifs is 5. The van der Waals surface area contributed by atoms with E-state index in [0.29, 0.717) is 30.4 Å². The Balaban J connectivity index is 1.82. The SMILES string of the molecule is COC1CC2[C@H]3O[C@H]3C(C1)N2C. The van der Waals surface area contributed by atoms with Crippen molar-refractivity contribution in [3.63, 3.8) is 0 Å². The minimum atomic E-state index is 0.479. The number of nitrogens with zero attached hydrogens (tertiary/aromatic N) is 1. The summed E-state index contributed by atoms with van der Waals surface area (Å²) >= 11 is 0. The fraction of sp³-hybridized carbons (Fsp3) is 1.00. The number of rotatable bonds is 1. The van der Waals surface area contributed by atoms with Gasteiger partial charge < -0.3 is 9.47 Å². The summed E-state index contributed by atoms with van der Waals surface area (Å²) in [6, 6.07) is 1.28. The molecule has 0 amide bonds. The molecule has 0 saturated carbocycles. The van der Waals surface area contributed by atoms with Crippen molar-refractivity contribution >= 4 is 0 Å². The summed E-state index contributed by atoms with van der Waals surface area (Å²) in [4.78, 5) is 2.48. The third kappa shape index (κ3) is 0.767. The van der Waals surface area contributed by atoms with Gasteiger partial charge in [-0.05, 0) is 19.9 Å². The molecule has 3 heterocycles. The lowest BCUT2D eigenvalue weighted by Crippen LogP contribution is -2.47. The van der Waals surface area contributed by atoms with Crippen molar-refractivity contribution in [3.8, 4) is 0 Å². The average molecular weight is 169 g/mol. The maximum Gasteiger partial charge on any atom is 0.101 e. The lowest BCUT2D eigenvalue weighted by Gasteiger charge is -2.37. The molecule has 3 nitrogen and oxygen atoms in total. The quantitative estimate of drug-likeness (QED) is 0.526. The molecular weight excluding hydrogens is 154 g/mol. The second-order valence-corrected chi connectivity index (χ2v) is 4.19. The smallest absolute Gasteiger partial charge is 0.101 e. The van der Waals surface area contributed by atoms with Gasteiger partial charge in [0.2, 0.25) is 0 Å². The molecule has 0 aliphatic carbocycles. The van der Waals surface area contributed by atoms with E-state index in [1.54, 1.807) is 0 Å². The predicted molar refractivity (Wildman–Crippen MR) is 44.0 cm³/mol. The van der Waals surface area contributed by atoms with Crippen LogP contribution in [0.15, 0.2) is 0 Å². The molecule has 0 aromatic rings. The van der Waals surface area contributed by atoms with Crippen molar-refractivity contribution in [2.24, 2.45) is 0 Å². The van der Waals surface area contributed by atoms with Crippen LogP contribution in [0.5, 0.6) is 0 Å². The van der Waals surface area contributed by atoms with Gasteiger partial charge in [-0.2, -0.15) is 0 Å². The van der Waals surface area contributed by atoms with Crippen molar-refractivity contribution < 1.29 is 9.47 Å². The Hall–Kier alpha value is -0.120. The first kappa shape index (κ1) is 7.30. The van der Waals surface area contributed by atoms with Crippen LogP contribution in [0.2, 0.25) is 0 Å². The first-order chi connectivity index (χ1) is 5.81. The van der Waals surface area contributed by atoms with E-state index in [2.05, 4.69) is 11.9 Å². The van der Waals surface area contributed by atoms with E-state index < -0.39 is 0 Å². The summed E-state index contributed by atoms with van der Waals surface area (Å²) in [6.07, 6.45) is 3.88. The third-order valence-corrected chi connectivity index (χ3v) is 3.71. The highest BCUT2D eigenvalue weighted by Crippen LogP contribution is 2.47. The normalized spacial score (nSPS) is 57.0. The van der Waals surface area contributed by atoms with Gasteiger partial charge in [-0.1, -0.05) is 0 Å². The molecule has 3 heteroatoms. The van der Waals surface area contributed by atoms with Crippen LogP contribution in [-0.2, 0) is 9.47 Å². The van der Waals surface area contributed by atoms with Crippen molar-refractivity contribution in [2.45, 2.75) is 43.2 Å². The second kappa shape index (κ2) is 2.22. The Bertz CT molecular complexity index is 191. The van der Waals surface area contributed by atoms with Crippen LogP contribution < -0.4 is 0 Å². The minimum Gasteiger partial charge on any atom is -0.381 e. The van der Waals surface area contributed by atoms with Gasteiger partial charge >= 0.3 is 0 Å². The van der Waals surface area contributed by atoms with Crippen LogP contribution in [0.4, 0.5) is 0 Å². The van der Waals surface area contributed by atoms with Gasteiger partial charge in [0, 0.05) is 19.2 Å². The topological polar surface area (TPSA) is 25.0 Å². The number of likely N-dealkylation sites (N-methyl/N-ethyl adjacent to an activating group) is 1. The molecule has 0 N–H and O–H groups in total. The Morgan fingerprint density at radius 3 is 2.33 bits per heavy atom. The fourth-order valence-corrected chi connectivity index (χ4v) is 2.89. The number of hydrogen-bond acceptors (Lipinski definition) is 3. The van der Waals surface area contributed by atoms with E-state index in [1.807, 2.05) is 7.11 Å². The Morgan fingerprint density at radius 1 is 1.25 bits per heavy atom. The van der Waals surface area contributed by atoms with Gasteiger partial charge in [-0.3, -0.25) is 4.90 Å². The van der Waals surface area contributed by atoms with Crippen molar-refractivity contribution in [1.29, 1.82) is 0 Å². The molecule has 3 saturated heterocycles. The standard InChI is InChI=1S/C9H15NO2/c1-10-6-3-5(11-2)4-7(10)9-8(6)12-9/h5-9H,3-4H2,1-2H3/t5?,6?,7?,8-,9+. The number of methoxy groups -OCH3 is 1. The first-order valence-corrected chi connectivity index (χ1v) is 4.71. The Morgan fingerprint density at radius 2 is 1.83 bits per heavy atom. The maximum absolute atomic E-state index is 5.59. The van der Waals surface area contributed by atoms with Gasteiger partial charge in [0.25, 0.3) is 0 Å². The van der Waals surface area contributed by atoms with Gasteiger partial charge in [-0.25, -0.2) is 0 Å².